The van der Waals surface area contributed by atoms with Crippen LogP contribution in [0.1, 0.15) is 42.0 Å². The van der Waals surface area contributed by atoms with Crippen LogP contribution in [0.4, 0.5) is 0 Å². The first-order valence-electron chi connectivity index (χ1n) is 5.46. The highest BCUT2D eigenvalue weighted by Gasteiger charge is 2.29. The Bertz CT molecular complexity index is 505. The first-order chi connectivity index (χ1) is 7.52. The molecule has 0 fully saturated rings. The van der Waals surface area contributed by atoms with E-state index in [2.05, 4.69) is 0 Å². The number of hydrogen-bond acceptors (Lipinski definition) is 2. The molecule has 2 N–H and O–H groups in total. The molecule has 16 heavy (non-hydrogen) atoms. The van der Waals surface area contributed by atoms with Gasteiger partial charge in [0.05, 0.1) is 7.05 Å². The third-order valence-electron chi connectivity index (χ3n) is 3.19. The average Bonchev–Trinajstić information content (AvgIpc) is 2.22. The fourth-order valence-corrected chi connectivity index (χ4v) is 2.35. The van der Waals surface area contributed by atoms with E-state index < -0.39 is 5.91 Å². The zero-order valence-corrected chi connectivity index (χ0v) is 9.56. The van der Waals surface area contributed by atoms with Crippen LogP contribution in [0.25, 0.3) is 0 Å². The van der Waals surface area contributed by atoms with Crippen LogP contribution < -0.4 is 15.9 Å². The highest BCUT2D eigenvalue weighted by atomic mass is 16.2. The molecule has 1 aromatic heterocycles. The molecular weight excluding hydrogens is 206 g/mol. The van der Waals surface area contributed by atoms with Gasteiger partial charge in [0.1, 0.15) is 12.2 Å². The van der Waals surface area contributed by atoms with Gasteiger partial charge in [0.25, 0.3) is 11.7 Å². The smallest absolute Gasteiger partial charge is 0.350 e. The van der Waals surface area contributed by atoms with Gasteiger partial charge in [0, 0.05) is 6.42 Å². The molecule has 86 valence electrons. The number of nitrogens with two attached hydrogens (primary N) is 1. The molecule has 1 atom stereocenters. The Labute approximate surface area is 93.5 Å². The van der Waals surface area contributed by atoms with Gasteiger partial charge in [0.15, 0.2) is 5.56 Å². The highest BCUT2D eigenvalue weighted by molar-refractivity contribution is 5.91. The Kier molecular flexibility index (Phi) is 2.53. The van der Waals surface area contributed by atoms with Crippen molar-refractivity contribution in [3.05, 3.63) is 27.9 Å². The lowest BCUT2D eigenvalue weighted by atomic mass is 10.0. The lowest BCUT2D eigenvalue weighted by Gasteiger charge is -2.19. The molecule has 0 aromatic carbocycles. The van der Waals surface area contributed by atoms with Crippen molar-refractivity contribution in [3.63, 3.8) is 0 Å². The third-order valence-corrected chi connectivity index (χ3v) is 3.19. The van der Waals surface area contributed by atoms with Crippen LogP contribution in [0.2, 0.25) is 0 Å². The molecule has 2 heterocycles. The summed E-state index contributed by atoms with van der Waals surface area (Å²) in [6.45, 7) is 1.99. The van der Waals surface area contributed by atoms with Gasteiger partial charge >= 0.3 is 5.56 Å². The zero-order valence-electron chi connectivity index (χ0n) is 9.56. The van der Waals surface area contributed by atoms with Crippen molar-refractivity contribution in [1.82, 2.24) is 4.57 Å². The van der Waals surface area contributed by atoms with Crippen molar-refractivity contribution < 1.29 is 9.36 Å². The van der Waals surface area contributed by atoms with Crippen molar-refractivity contribution in [3.8, 4) is 0 Å². The second kappa shape index (κ2) is 3.73. The van der Waals surface area contributed by atoms with Crippen LogP contribution in [0.15, 0.2) is 11.0 Å². The molecule has 5 nitrogen and oxygen atoms in total. The Morgan fingerprint density at radius 3 is 2.94 bits per heavy atom. The molecule has 1 amide bonds. The number of hydrogen-bond donors (Lipinski definition) is 1. The van der Waals surface area contributed by atoms with E-state index in [9.17, 15) is 9.59 Å². The van der Waals surface area contributed by atoms with E-state index in [1.54, 1.807) is 4.57 Å². The number of fused-ring (bicyclic) bond motifs is 1. The molecule has 1 aliphatic heterocycles. The number of carbonyl (C=O) groups is 1. The fourth-order valence-electron chi connectivity index (χ4n) is 2.35. The van der Waals surface area contributed by atoms with Crippen LogP contribution in [0.3, 0.4) is 0 Å². The van der Waals surface area contributed by atoms with Crippen LogP contribution in [0.5, 0.6) is 0 Å². The molecule has 1 aliphatic rings. The molecule has 1 unspecified atom stereocenters. The van der Waals surface area contributed by atoms with E-state index in [0.29, 0.717) is 0 Å². The summed E-state index contributed by atoms with van der Waals surface area (Å²) in [4.78, 5) is 23.2. The number of rotatable bonds is 1. The summed E-state index contributed by atoms with van der Waals surface area (Å²) in [5.41, 5.74) is 5.01. The maximum Gasteiger partial charge on any atom is 0.350 e. The maximum atomic E-state index is 12.1. The molecule has 0 saturated heterocycles. The standard InChI is InChI=1S/C11H15N3O2/c1-7-4-3-5-9-13(2)6-8(10(12)15)11(16)14(7)9/h6-7H,3-5H2,1-2H3,(H-,12,15)/p+1. The van der Waals surface area contributed by atoms with Gasteiger partial charge in [0.2, 0.25) is 0 Å². The van der Waals surface area contributed by atoms with Gasteiger partial charge in [-0.1, -0.05) is 0 Å². The molecule has 2 rings (SSSR count). The number of nitrogens with zero attached hydrogens (tertiary/aromatic N) is 2. The first-order valence-corrected chi connectivity index (χ1v) is 5.46. The van der Waals surface area contributed by atoms with E-state index in [4.69, 9.17) is 5.73 Å². The summed E-state index contributed by atoms with van der Waals surface area (Å²) in [7, 11) is 1.84. The minimum atomic E-state index is -0.659. The van der Waals surface area contributed by atoms with Crippen molar-refractivity contribution in [2.75, 3.05) is 0 Å². The summed E-state index contributed by atoms with van der Waals surface area (Å²) >= 11 is 0. The van der Waals surface area contributed by atoms with E-state index in [-0.39, 0.29) is 17.2 Å². The van der Waals surface area contributed by atoms with Gasteiger partial charge in [-0.3, -0.25) is 4.79 Å². The Hall–Kier alpha value is -1.65. The normalized spacial score (nSPS) is 19.2. The van der Waals surface area contributed by atoms with E-state index in [0.717, 1.165) is 25.1 Å². The second-order valence-electron chi connectivity index (χ2n) is 4.35. The maximum absolute atomic E-state index is 12.1. The summed E-state index contributed by atoms with van der Waals surface area (Å²) in [6, 6.07) is 0.141. The number of primary amides is 1. The molecule has 0 radical (unpaired) electrons. The largest absolute Gasteiger partial charge is 0.365 e. The van der Waals surface area contributed by atoms with Crippen LogP contribution in [0, 0.1) is 0 Å². The summed E-state index contributed by atoms with van der Waals surface area (Å²) in [6.07, 6.45) is 4.45. The van der Waals surface area contributed by atoms with Gasteiger partial charge in [-0.2, -0.15) is 4.57 Å². The molecule has 0 bridgehead atoms. The van der Waals surface area contributed by atoms with Crippen molar-refractivity contribution >= 4 is 5.91 Å². The average molecular weight is 222 g/mol. The first kappa shape index (κ1) is 10.9. The lowest BCUT2D eigenvalue weighted by Crippen LogP contribution is -2.48. The monoisotopic (exact) mass is 222 g/mol. The summed E-state index contributed by atoms with van der Waals surface area (Å²) in [5.74, 6) is 0.308. The predicted octanol–water partition coefficient (Wildman–Crippen LogP) is -0.331. The van der Waals surface area contributed by atoms with E-state index in [1.165, 1.54) is 6.20 Å². The van der Waals surface area contributed by atoms with Crippen molar-refractivity contribution in [1.29, 1.82) is 0 Å². The summed E-state index contributed by atoms with van der Waals surface area (Å²) < 4.78 is 3.53. The zero-order chi connectivity index (χ0) is 11.9. The second-order valence-corrected chi connectivity index (χ2v) is 4.35. The Balaban J connectivity index is 2.75. The van der Waals surface area contributed by atoms with E-state index in [1.807, 2.05) is 18.5 Å². The molecule has 0 spiro atoms. The van der Waals surface area contributed by atoms with Gasteiger partial charge in [-0.15, -0.1) is 0 Å². The lowest BCUT2D eigenvalue weighted by molar-refractivity contribution is -0.685. The van der Waals surface area contributed by atoms with Gasteiger partial charge in [-0.05, 0) is 19.8 Å². The quantitative estimate of drug-likeness (QED) is 0.661. The van der Waals surface area contributed by atoms with Gasteiger partial charge in [-0.25, -0.2) is 9.36 Å². The van der Waals surface area contributed by atoms with Crippen LogP contribution >= 0.6 is 0 Å². The van der Waals surface area contributed by atoms with Crippen molar-refractivity contribution in [2.24, 2.45) is 12.8 Å². The molecule has 5 heteroatoms. The molecule has 0 saturated carbocycles. The molecular formula is C11H16N3O2+. The number of amides is 1. The van der Waals surface area contributed by atoms with Crippen molar-refractivity contribution in [2.45, 2.75) is 32.2 Å². The predicted molar refractivity (Wildman–Crippen MR) is 58.0 cm³/mol. The number of carbonyl (C=O) groups excluding carboxylic acids is 1. The summed E-state index contributed by atoms with van der Waals surface area (Å²) in [5, 5.41) is 0. The fraction of sp³-hybridized carbons (Fsp3) is 0.545. The highest BCUT2D eigenvalue weighted by Crippen LogP contribution is 2.19. The topological polar surface area (TPSA) is 69.0 Å². The Morgan fingerprint density at radius 2 is 2.31 bits per heavy atom. The Morgan fingerprint density at radius 1 is 1.62 bits per heavy atom. The van der Waals surface area contributed by atoms with Crippen LogP contribution in [-0.2, 0) is 13.5 Å². The number of aromatic nitrogens is 2. The SMILES string of the molecule is CC1CCCc2n1c(=O)c(C(N)=O)c[n+]2C. The number of aryl methyl sites for hydroxylation is 1. The molecule has 0 aliphatic carbocycles. The van der Waals surface area contributed by atoms with Gasteiger partial charge < -0.3 is 5.73 Å². The minimum absolute atomic E-state index is 0.0694. The van der Waals surface area contributed by atoms with E-state index >= 15 is 0 Å². The molecule has 1 aromatic rings. The minimum Gasteiger partial charge on any atom is -0.365 e. The third kappa shape index (κ3) is 1.52. The van der Waals surface area contributed by atoms with Crippen LogP contribution in [-0.4, -0.2) is 10.5 Å².